The lowest BCUT2D eigenvalue weighted by Crippen LogP contribution is -2.32. The first-order valence-electron chi connectivity index (χ1n) is 11.5. The van der Waals surface area contributed by atoms with E-state index in [9.17, 15) is 13.2 Å². The molecule has 0 spiro atoms. The Morgan fingerprint density at radius 1 is 0.867 bits per heavy atom. The first kappa shape index (κ1) is 26.4. The normalized spacial score (nSPS) is 11.4. The molecule has 1 heterocycles. The van der Waals surface area contributed by atoms with Gasteiger partial charge in [0.25, 0.3) is 5.91 Å². The summed E-state index contributed by atoms with van der Waals surface area (Å²) in [6, 6.07) is 1.46. The van der Waals surface area contributed by atoms with Gasteiger partial charge in [-0.1, -0.05) is 90.4 Å². The van der Waals surface area contributed by atoms with Gasteiger partial charge < -0.3 is 4.74 Å². The molecular weight excluding hydrogens is 400 g/mol. The molecule has 1 aromatic heterocycles. The molecule has 1 rings (SSSR count). The number of carbonyl (C=O) groups excluding carboxylic acids is 1. The molecule has 1 amide bonds. The van der Waals surface area contributed by atoms with E-state index in [1.807, 2.05) is 0 Å². The van der Waals surface area contributed by atoms with E-state index in [2.05, 4.69) is 16.6 Å². The number of methoxy groups -OCH3 is 1. The zero-order valence-corrected chi connectivity index (χ0v) is 19.6. The fourth-order valence-corrected chi connectivity index (χ4v) is 4.48. The Hall–Kier alpha value is -1.63. The summed E-state index contributed by atoms with van der Waals surface area (Å²) in [6.45, 7) is 2.25. The summed E-state index contributed by atoms with van der Waals surface area (Å²) in [7, 11) is -2.17. The Bertz CT molecular complexity index is 692. The van der Waals surface area contributed by atoms with Gasteiger partial charge >= 0.3 is 0 Å². The number of unbranched alkanes of at least 4 members (excludes halogenated alkanes) is 13. The number of hydrogen-bond donors (Lipinski definition) is 1. The van der Waals surface area contributed by atoms with Crippen LogP contribution in [0.2, 0.25) is 0 Å². The Balaban J connectivity index is 2.04. The smallest absolute Gasteiger partial charge is 0.266 e. The molecular formula is C23H40N2O4S. The van der Waals surface area contributed by atoms with Crippen LogP contribution in [0.3, 0.4) is 0 Å². The predicted molar refractivity (Wildman–Crippen MR) is 122 cm³/mol. The zero-order chi connectivity index (χ0) is 22.1. The highest BCUT2D eigenvalue weighted by atomic mass is 32.2. The van der Waals surface area contributed by atoms with E-state index in [0.29, 0.717) is 12.2 Å². The molecule has 30 heavy (non-hydrogen) atoms. The number of carbonyl (C=O) groups is 1. The fraction of sp³-hybridized carbons (Fsp3) is 0.739. The lowest BCUT2D eigenvalue weighted by molar-refractivity contribution is 0.0980. The molecule has 0 unspecified atom stereocenters. The first-order valence-corrected chi connectivity index (χ1v) is 13.2. The van der Waals surface area contributed by atoms with Crippen molar-refractivity contribution in [1.82, 2.24) is 9.71 Å². The van der Waals surface area contributed by atoms with Crippen molar-refractivity contribution in [2.75, 3.05) is 12.9 Å². The zero-order valence-electron chi connectivity index (χ0n) is 18.8. The van der Waals surface area contributed by atoms with Crippen molar-refractivity contribution in [3.63, 3.8) is 0 Å². The summed E-state index contributed by atoms with van der Waals surface area (Å²) in [5, 5.41) is 0. The monoisotopic (exact) mass is 440 g/mol. The van der Waals surface area contributed by atoms with Crippen molar-refractivity contribution in [3.05, 3.63) is 24.0 Å². The molecule has 0 atom stereocenters. The topological polar surface area (TPSA) is 85.4 Å². The van der Waals surface area contributed by atoms with Gasteiger partial charge in [-0.2, -0.15) is 0 Å². The molecule has 6 nitrogen and oxygen atoms in total. The van der Waals surface area contributed by atoms with Crippen LogP contribution < -0.4 is 9.46 Å². The Labute approximate surface area is 183 Å². The number of sulfonamides is 1. The van der Waals surface area contributed by atoms with Crippen LogP contribution >= 0.6 is 0 Å². The standard InChI is InChI=1S/C23H40N2O4S/c1-3-4-5-6-7-8-9-10-11-12-13-14-15-16-17-30(27,28)25-23(26)21-18-22(29-2)20-24-19-21/h18-20H,3-17H2,1-2H3,(H,25,26). The molecule has 0 saturated carbocycles. The van der Waals surface area contributed by atoms with Crippen molar-refractivity contribution in [2.24, 2.45) is 0 Å². The number of rotatable bonds is 18. The van der Waals surface area contributed by atoms with Crippen molar-refractivity contribution < 1.29 is 17.9 Å². The van der Waals surface area contributed by atoms with Gasteiger partial charge in [0.1, 0.15) is 5.75 Å². The van der Waals surface area contributed by atoms with Gasteiger partial charge in [0.15, 0.2) is 0 Å². The minimum atomic E-state index is -3.63. The van der Waals surface area contributed by atoms with Crippen molar-refractivity contribution in [1.29, 1.82) is 0 Å². The van der Waals surface area contributed by atoms with Crippen LogP contribution in [0.25, 0.3) is 0 Å². The number of nitrogens with zero attached hydrogens (tertiary/aromatic N) is 1. The molecule has 172 valence electrons. The maximum Gasteiger partial charge on any atom is 0.266 e. The van der Waals surface area contributed by atoms with Crippen LogP contribution in [0.1, 0.15) is 107 Å². The molecule has 0 aliphatic carbocycles. The minimum absolute atomic E-state index is 0.0336. The first-order chi connectivity index (χ1) is 14.5. The second-order valence-electron chi connectivity index (χ2n) is 7.96. The lowest BCUT2D eigenvalue weighted by atomic mass is 10.0. The summed E-state index contributed by atoms with van der Waals surface area (Å²) in [4.78, 5) is 16.0. The van der Waals surface area contributed by atoms with E-state index in [0.717, 1.165) is 19.3 Å². The van der Waals surface area contributed by atoms with Crippen molar-refractivity contribution in [3.8, 4) is 5.75 Å². The van der Waals surface area contributed by atoms with Gasteiger partial charge in [0.05, 0.1) is 24.6 Å². The van der Waals surface area contributed by atoms with E-state index in [1.54, 1.807) is 0 Å². The highest BCUT2D eigenvalue weighted by molar-refractivity contribution is 7.90. The van der Waals surface area contributed by atoms with Gasteiger partial charge in [-0.25, -0.2) is 13.1 Å². The van der Waals surface area contributed by atoms with E-state index in [-0.39, 0.29) is 11.3 Å². The third-order valence-corrected chi connectivity index (χ3v) is 6.55. The molecule has 0 aliphatic heterocycles. The highest BCUT2D eigenvalue weighted by Gasteiger charge is 2.16. The maximum absolute atomic E-state index is 12.1. The third-order valence-electron chi connectivity index (χ3n) is 5.23. The Morgan fingerprint density at radius 2 is 1.37 bits per heavy atom. The quantitative estimate of drug-likeness (QED) is 0.299. The van der Waals surface area contributed by atoms with Gasteiger partial charge in [0.2, 0.25) is 10.0 Å². The second kappa shape index (κ2) is 16.1. The number of ether oxygens (including phenoxy) is 1. The molecule has 0 radical (unpaired) electrons. The number of nitrogens with one attached hydrogen (secondary N) is 1. The Kier molecular flexibility index (Phi) is 14.2. The second-order valence-corrected chi connectivity index (χ2v) is 9.80. The van der Waals surface area contributed by atoms with Crippen LogP contribution in [0.4, 0.5) is 0 Å². The molecule has 0 aromatic carbocycles. The van der Waals surface area contributed by atoms with Gasteiger partial charge in [-0.05, 0) is 12.5 Å². The SMILES string of the molecule is CCCCCCCCCCCCCCCCS(=O)(=O)NC(=O)c1cncc(OC)c1. The molecule has 0 saturated heterocycles. The Morgan fingerprint density at radius 3 is 1.87 bits per heavy atom. The minimum Gasteiger partial charge on any atom is -0.495 e. The number of pyridine rings is 1. The van der Waals surface area contributed by atoms with Crippen LogP contribution in [0, 0.1) is 0 Å². The fourth-order valence-electron chi connectivity index (χ4n) is 3.39. The third kappa shape index (κ3) is 12.8. The lowest BCUT2D eigenvalue weighted by Gasteiger charge is -2.08. The van der Waals surface area contributed by atoms with E-state index < -0.39 is 15.9 Å². The summed E-state index contributed by atoms with van der Waals surface area (Å²) in [6.07, 6.45) is 19.7. The van der Waals surface area contributed by atoms with E-state index in [1.165, 1.54) is 89.8 Å². The summed E-state index contributed by atoms with van der Waals surface area (Å²) in [5.74, 6) is -0.299. The molecule has 1 N–H and O–H groups in total. The average Bonchev–Trinajstić information content (AvgIpc) is 2.73. The molecule has 0 fully saturated rings. The van der Waals surface area contributed by atoms with Crippen molar-refractivity contribution >= 4 is 15.9 Å². The van der Waals surface area contributed by atoms with E-state index >= 15 is 0 Å². The number of amides is 1. The summed E-state index contributed by atoms with van der Waals surface area (Å²) >= 11 is 0. The highest BCUT2D eigenvalue weighted by Crippen LogP contribution is 2.13. The molecule has 0 aliphatic rings. The number of hydrogen-bond acceptors (Lipinski definition) is 5. The summed E-state index contributed by atoms with van der Waals surface area (Å²) < 4.78 is 31.3. The van der Waals surface area contributed by atoms with Gasteiger partial charge in [0, 0.05) is 6.20 Å². The average molecular weight is 441 g/mol. The van der Waals surface area contributed by atoms with Crippen LogP contribution in [0.15, 0.2) is 18.5 Å². The maximum atomic E-state index is 12.1. The van der Waals surface area contributed by atoms with Crippen LogP contribution in [0.5, 0.6) is 5.75 Å². The largest absolute Gasteiger partial charge is 0.495 e. The van der Waals surface area contributed by atoms with Crippen molar-refractivity contribution in [2.45, 2.75) is 96.8 Å². The van der Waals surface area contributed by atoms with Gasteiger partial charge in [-0.3, -0.25) is 9.78 Å². The number of aromatic nitrogens is 1. The molecule has 1 aromatic rings. The van der Waals surface area contributed by atoms with Crippen LogP contribution in [-0.2, 0) is 10.0 Å². The van der Waals surface area contributed by atoms with E-state index in [4.69, 9.17) is 4.74 Å². The van der Waals surface area contributed by atoms with Gasteiger partial charge in [-0.15, -0.1) is 0 Å². The van der Waals surface area contributed by atoms with Crippen LogP contribution in [-0.4, -0.2) is 32.2 Å². The summed E-state index contributed by atoms with van der Waals surface area (Å²) in [5.41, 5.74) is 0.166. The predicted octanol–water partition coefficient (Wildman–Crippen LogP) is 5.63. The molecule has 0 bridgehead atoms. The molecule has 7 heteroatoms.